The van der Waals surface area contributed by atoms with Crippen LogP contribution in [-0.2, 0) is 4.84 Å². The summed E-state index contributed by atoms with van der Waals surface area (Å²) >= 11 is 0. The first-order valence-corrected chi connectivity index (χ1v) is 7.73. The summed E-state index contributed by atoms with van der Waals surface area (Å²) in [6.45, 7) is 0. The first-order chi connectivity index (χ1) is 11.4. The van der Waals surface area contributed by atoms with Gasteiger partial charge in [0.15, 0.2) is 0 Å². The van der Waals surface area contributed by atoms with Crippen molar-refractivity contribution in [3.63, 3.8) is 0 Å². The lowest BCUT2D eigenvalue weighted by Crippen LogP contribution is -2.21. The van der Waals surface area contributed by atoms with Gasteiger partial charge in [-0.1, -0.05) is 24.3 Å². The van der Waals surface area contributed by atoms with Gasteiger partial charge in [0.05, 0.1) is 11.7 Å². The third-order valence-electron chi connectivity index (χ3n) is 4.12. The van der Waals surface area contributed by atoms with Crippen molar-refractivity contribution in [1.29, 1.82) is 0 Å². The molecule has 1 aromatic carbocycles. The number of hydrogen-bond acceptors (Lipinski definition) is 4. The minimum atomic E-state index is 0.0170. The van der Waals surface area contributed by atoms with Crippen molar-refractivity contribution in [2.45, 2.75) is 18.6 Å². The molecular weight excluding hydrogens is 286 g/mol. The lowest BCUT2D eigenvalue weighted by atomic mass is 9.99. The van der Waals surface area contributed by atoms with Crippen molar-refractivity contribution in [2.24, 2.45) is 0 Å². The Balaban J connectivity index is 1.70. The molecule has 1 fully saturated rings. The predicted octanol–water partition coefficient (Wildman–Crippen LogP) is 4.10. The van der Waals surface area contributed by atoms with Gasteiger partial charge in [-0.15, -0.1) is 0 Å². The second-order valence-electron chi connectivity index (χ2n) is 5.57. The Bertz CT molecular complexity index is 702. The van der Waals surface area contributed by atoms with Gasteiger partial charge in [0.1, 0.15) is 6.10 Å². The molecule has 114 valence electrons. The quantitative estimate of drug-likeness (QED) is 0.730. The Labute approximate surface area is 135 Å². The topological polar surface area (TPSA) is 38.2 Å². The van der Waals surface area contributed by atoms with Gasteiger partial charge in [-0.2, -0.15) is 0 Å². The molecule has 0 radical (unpaired) electrons. The number of para-hydroxylation sites is 1. The zero-order valence-corrected chi connectivity index (χ0v) is 12.6. The van der Waals surface area contributed by atoms with Gasteiger partial charge < -0.3 is 0 Å². The Hall–Kier alpha value is -2.72. The minimum absolute atomic E-state index is 0.0170. The van der Waals surface area contributed by atoms with Crippen LogP contribution in [0.25, 0.3) is 0 Å². The number of rotatable bonds is 3. The molecule has 23 heavy (non-hydrogen) atoms. The molecule has 1 aliphatic heterocycles. The number of hydroxylamine groups is 1. The van der Waals surface area contributed by atoms with Crippen LogP contribution in [0.2, 0.25) is 0 Å². The second kappa shape index (κ2) is 6.18. The molecule has 2 atom stereocenters. The summed E-state index contributed by atoms with van der Waals surface area (Å²) in [6.07, 6.45) is 8.23. The first kappa shape index (κ1) is 13.9. The maximum Gasteiger partial charge on any atom is 0.113 e. The molecule has 2 aromatic heterocycles. The molecule has 0 aliphatic carbocycles. The lowest BCUT2D eigenvalue weighted by Gasteiger charge is -2.24. The van der Waals surface area contributed by atoms with E-state index in [1.54, 1.807) is 6.20 Å². The highest BCUT2D eigenvalue weighted by Crippen LogP contribution is 2.43. The highest BCUT2D eigenvalue weighted by molar-refractivity contribution is 5.47. The van der Waals surface area contributed by atoms with Crippen LogP contribution in [0.15, 0.2) is 79.4 Å². The molecular formula is C19H17N3O. The SMILES string of the molecule is c1ccc(N2O[C@@H](c3ccncc3)C[C@H]2c2cccnc2)cc1. The number of nitrogens with zero attached hydrogens (tertiary/aromatic N) is 3. The predicted molar refractivity (Wildman–Crippen MR) is 88.6 cm³/mol. The Morgan fingerprint density at radius 3 is 2.39 bits per heavy atom. The van der Waals surface area contributed by atoms with E-state index in [4.69, 9.17) is 4.84 Å². The molecule has 0 spiro atoms. The van der Waals surface area contributed by atoms with Crippen LogP contribution in [0.5, 0.6) is 0 Å². The maximum atomic E-state index is 6.28. The van der Waals surface area contributed by atoms with Crippen molar-refractivity contribution < 1.29 is 4.84 Å². The molecule has 0 saturated carbocycles. The van der Waals surface area contributed by atoms with Crippen molar-refractivity contribution in [3.05, 3.63) is 90.5 Å². The van der Waals surface area contributed by atoms with E-state index in [1.165, 1.54) is 0 Å². The fourth-order valence-corrected chi connectivity index (χ4v) is 2.99. The van der Waals surface area contributed by atoms with Crippen LogP contribution in [0.1, 0.15) is 29.7 Å². The van der Waals surface area contributed by atoms with Crippen LogP contribution in [0.4, 0.5) is 5.69 Å². The van der Waals surface area contributed by atoms with E-state index < -0.39 is 0 Å². The van der Waals surface area contributed by atoms with Crippen molar-refractivity contribution in [2.75, 3.05) is 5.06 Å². The van der Waals surface area contributed by atoms with Crippen molar-refractivity contribution in [1.82, 2.24) is 9.97 Å². The van der Waals surface area contributed by atoms with Gasteiger partial charge in [-0.05, 0) is 41.5 Å². The Kier molecular flexibility index (Phi) is 3.74. The third-order valence-corrected chi connectivity index (χ3v) is 4.12. The van der Waals surface area contributed by atoms with Gasteiger partial charge in [-0.25, -0.2) is 5.06 Å². The fourth-order valence-electron chi connectivity index (χ4n) is 2.99. The number of benzene rings is 1. The molecule has 1 aliphatic rings. The molecule has 1 saturated heterocycles. The first-order valence-electron chi connectivity index (χ1n) is 7.73. The van der Waals surface area contributed by atoms with Crippen LogP contribution >= 0.6 is 0 Å². The van der Waals surface area contributed by atoms with E-state index in [0.29, 0.717) is 0 Å². The van der Waals surface area contributed by atoms with Crippen LogP contribution in [0.3, 0.4) is 0 Å². The van der Waals surface area contributed by atoms with E-state index in [2.05, 4.69) is 28.2 Å². The summed E-state index contributed by atoms with van der Waals surface area (Å²) in [7, 11) is 0. The summed E-state index contributed by atoms with van der Waals surface area (Å²) in [4.78, 5) is 14.6. The second-order valence-corrected chi connectivity index (χ2v) is 5.57. The smallest absolute Gasteiger partial charge is 0.113 e. The highest BCUT2D eigenvalue weighted by Gasteiger charge is 2.35. The standard InChI is InChI=1S/C19H17N3O/c1-2-6-17(7-3-1)22-18(16-5-4-10-21-14-16)13-19(23-22)15-8-11-20-12-9-15/h1-12,14,18-19H,13H2/t18-,19+/m0/s1. The van der Waals surface area contributed by atoms with Gasteiger partial charge in [0.25, 0.3) is 0 Å². The summed E-state index contributed by atoms with van der Waals surface area (Å²) in [5.74, 6) is 0. The van der Waals surface area contributed by atoms with Crippen molar-refractivity contribution >= 4 is 5.69 Å². The van der Waals surface area contributed by atoms with E-state index >= 15 is 0 Å². The molecule has 0 unspecified atom stereocenters. The van der Waals surface area contributed by atoms with Gasteiger partial charge in [0, 0.05) is 31.2 Å². The lowest BCUT2D eigenvalue weighted by molar-refractivity contribution is 0.0835. The number of hydrogen-bond donors (Lipinski definition) is 0. The molecule has 4 heteroatoms. The summed E-state index contributed by atoms with van der Waals surface area (Å²) in [5.41, 5.74) is 3.36. The zero-order chi connectivity index (χ0) is 15.5. The van der Waals surface area contributed by atoms with Crippen molar-refractivity contribution in [3.8, 4) is 0 Å². The van der Waals surface area contributed by atoms with E-state index in [0.717, 1.165) is 23.2 Å². The summed E-state index contributed by atoms with van der Waals surface area (Å²) < 4.78 is 0. The molecule has 4 nitrogen and oxygen atoms in total. The monoisotopic (exact) mass is 303 g/mol. The summed E-state index contributed by atoms with van der Waals surface area (Å²) in [5, 5.41) is 2.00. The molecule has 0 bridgehead atoms. The molecule has 0 amide bonds. The Morgan fingerprint density at radius 2 is 1.65 bits per heavy atom. The molecule has 0 N–H and O–H groups in total. The van der Waals surface area contributed by atoms with E-state index in [-0.39, 0.29) is 12.1 Å². The normalized spacial score (nSPS) is 20.6. The molecule has 3 aromatic rings. The zero-order valence-electron chi connectivity index (χ0n) is 12.6. The Morgan fingerprint density at radius 1 is 0.826 bits per heavy atom. The van der Waals surface area contributed by atoms with Crippen LogP contribution < -0.4 is 5.06 Å². The largest absolute Gasteiger partial charge is 0.265 e. The fraction of sp³-hybridized carbons (Fsp3) is 0.158. The number of pyridine rings is 2. The average molecular weight is 303 g/mol. The van der Waals surface area contributed by atoms with Crippen LogP contribution in [0, 0.1) is 0 Å². The highest BCUT2D eigenvalue weighted by atomic mass is 16.7. The molecule has 3 heterocycles. The maximum absolute atomic E-state index is 6.28. The minimum Gasteiger partial charge on any atom is -0.265 e. The summed E-state index contributed by atoms with van der Waals surface area (Å²) in [6, 6.07) is 18.4. The van der Waals surface area contributed by atoms with Gasteiger partial charge >= 0.3 is 0 Å². The molecule has 4 rings (SSSR count). The average Bonchev–Trinajstić information content (AvgIpc) is 3.09. The van der Waals surface area contributed by atoms with Crippen LogP contribution in [-0.4, -0.2) is 9.97 Å². The van der Waals surface area contributed by atoms with Gasteiger partial charge in [0.2, 0.25) is 0 Å². The number of anilines is 1. The van der Waals surface area contributed by atoms with E-state index in [1.807, 2.05) is 60.1 Å². The third kappa shape index (κ3) is 2.81. The van der Waals surface area contributed by atoms with E-state index in [9.17, 15) is 0 Å². The van der Waals surface area contributed by atoms with Gasteiger partial charge in [-0.3, -0.25) is 14.8 Å². The number of aromatic nitrogens is 2.